The van der Waals surface area contributed by atoms with Crippen molar-refractivity contribution in [3.05, 3.63) is 36.5 Å². The van der Waals surface area contributed by atoms with Crippen molar-refractivity contribution in [1.29, 1.82) is 0 Å². The second kappa shape index (κ2) is 25.8. The molecule has 1 unspecified atom stereocenters. The standard InChI is InChI=1S/C30H52O4/c1-3-5-6-7-8-9-10-11-12-13-14-15-16-17-18-19-23-27-30(33)34-28(24-4-2)25-21-20-22-26-29(31)32/h5-6,8-9,11-12,28H,3-4,7,10,13-27H2,1-2H3,(H,31,32)/b6-5-,9-8-,12-11-. The van der Waals surface area contributed by atoms with Crippen LogP contribution in [0.4, 0.5) is 0 Å². The average Bonchev–Trinajstić information content (AvgIpc) is 2.80. The average molecular weight is 477 g/mol. The van der Waals surface area contributed by atoms with Gasteiger partial charge in [-0.05, 0) is 64.2 Å². The Labute approximate surface area is 209 Å². The van der Waals surface area contributed by atoms with E-state index in [1.54, 1.807) is 0 Å². The molecule has 4 nitrogen and oxygen atoms in total. The van der Waals surface area contributed by atoms with Crippen LogP contribution < -0.4 is 0 Å². The number of rotatable bonds is 24. The van der Waals surface area contributed by atoms with Crippen LogP contribution in [0.1, 0.15) is 136 Å². The highest BCUT2D eigenvalue weighted by Gasteiger charge is 2.13. The molecular weight excluding hydrogens is 424 g/mol. The van der Waals surface area contributed by atoms with Crippen LogP contribution in [0, 0.1) is 0 Å². The van der Waals surface area contributed by atoms with Crippen molar-refractivity contribution < 1.29 is 19.4 Å². The lowest BCUT2D eigenvalue weighted by molar-refractivity contribution is -0.150. The number of unbranched alkanes of at least 4 members (excludes halogenated alkanes) is 9. The zero-order valence-corrected chi connectivity index (χ0v) is 22.1. The smallest absolute Gasteiger partial charge is 0.306 e. The number of carbonyl (C=O) groups excluding carboxylic acids is 1. The fourth-order valence-electron chi connectivity index (χ4n) is 3.90. The molecule has 0 saturated heterocycles. The number of carbonyl (C=O) groups is 2. The summed E-state index contributed by atoms with van der Waals surface area (Å²) < 4.78 is 5.68. The van der Waals surface area contributed by atoms with Gasteiger partial charge in [-0.2, -0.15) is 0 Å². The highest BCUT2D eigenvalue weighted by molar-refractivity contribution is 5.69. The van der Waals surface area contributed by atoms with Crippen LogP contribution in [0.3, 0.4) is 0 Å². The van der Waals surface area contributed by atoms with Crippen LogP contribution in [0.15, 0.2) is 36.5 Å². The maximum Gasteiger partial charge on any atom is 0.306 e. The third-order valence-electron chi connectivity index (χ3n) is 5.86. The molecule has 34 heavy (non-hydrogen) atoms. The minimum absolute atomic E-state index is 0.00431. The van der Waals surface area contributed by atoms with Gasteiger partial charge in [0, 0.05) is 12.8 Å². The molecule has 0 aliphatic heterocycles. The maximum absolute atomic E-state index is 12.2. The first kappa shape index (κ1) is 32.2. The van der Waals surface area contributed by atoms with Crippen molar-refractivity contribution in [1.82, 2.24) is 0 Å². The van der Waals surface area contributed by atoms with E-state index < -0.39 is 5.97 Å². The van der Waals surface area contributed by atoms with Crippen molar-refractivity contribution >= 4 is 11.9 Å². The first-order valence-corrected chi connectivity index (χ1v) is 14.0. The second-order valence-electron chi connectivity index (χ2n) is 9.20. The lowest BCUT2D eigenvalue weighted by Crippen LogP contribution is -2.18. The first-order chi connectivity index (χ1) is 16.6. The molecule has 0 aromatic rings. The fraction of sp³-hybridized carbons (Fsp3) is 0.733. The Hall–Kier alpha value is -1.84. The van der Waals surface area contributed by atoms with Gasteiger partial charge in [-0.15, -0.1) is 0 Å². The molecule has 1 atom stereocenters. The van der Waals surface area contributed by atoms with Crippen molar-refractivity contribution in [2.75, 3.05) is 0 Å². The highest BCUT2D eigenvalue weighted by Crippen LogP contribution is 2.15. The molecule has 0 aliphatic rings. The number of carboxylic acid groups (broad SMARTS) is 1. The molecular formula is C30H52O4. The van der Waals surface area contributed by atoms with Gasteiger partial charge in [-0.3, -0.25) is 9.59 Å². The minimum Gasteiger partial charge on any atom is -0.481 e. The minimum atomic E-state index is -0.737. The lowest BCUT2D eigenvalue weighted by Gasteiger charge is -2.17. The third kappa shape index (κ3) is 24.8. The molecule has 0 bridgehead atoms. The van der Waals surface area contributed by atoms with E-state index in [4.69, 9.17) is 9.84 Å². The summed E-state index contributed by atoms with van der Waals surface area (Å²) in [6, 6.07) is 0. The summed E-state index contributed by atoms with van der Waals surface area (Å²) >= 11 is 0. The Bertz CT molecular complexity index is 562. The van der Waals surface area contributed by atoms with Crippen LogP contribution >= 0.6 is 0 Å². The molecule has 0 aromatic carbocycles. The van der Waals surface area contributed by atoms with E-state index in [2.05, 4.69) is 50.3 Å². The summed E-state index contributed by atoms with van der Waals surface area (Å²) in [5, 5.41) is 8.69. The highest BCUT2D eigenvalue weighted by atomic mass is 16.5. The van der Waals surface area contributed by atoms with Crippen molar-refractivity contribution in [3.63, 3.8) is 0 Å². The molecule has 0 amide bonds. The Kier molecular flexibility index (Phi) is 24.4. The molecule has 4 heteroatoms. The van der Waals surface area contributed by atoms with Gasteiger partial charge in [-0.25, -0.2) is 0 Å². The van der Waals surface area contributed by atoms with Gasteiger partial charge in [0.05, 0.1) is 0 Å². The summed E-state index contributed by atoms with van der Waals surface area (Å²) in [5.41, 5.74) is 0. The number of carboxylic acids is 1. The molecule has 196 valence electrons. The summed E-state index contributed by atoms with van der Waals surface area (Å²) in [6.07, 6.45) is 32.1. The Morgan fingerprint density at radius 2 is 1.24 bits per heavy atom. The summed E-state index contributed by atoms with van der Waals surface area (Å²) in [5.74, 6) is -0.804. The molecule has 0 fully saturated rings. The molecule has 0 saturated carbocycles. The van der Waals surface area contributed by atoms with Gasteiger partial charge in [0.2, 0.25) is 0 Å². The summed E-state index contributed by atoms with van der Waals surface area (Å²) in [4.78, 5) is 22.7. The van der Waals surface area contributed by atoms with Gasteiger partial charge in [-0.1, -0.05) is 95.2 Å². The van der Waals surface area contributed by atoms with Crippen LogP contribution in [-0.2, 0) is 14.3 Å². The molecule has 0 heterocycles. The van der Waals surface area contributed by atoms with Crippen LogP contribution in [0.5, 0.6) is 0 Å². The lowest BCUT2D eigenvalue weighted by atomic mass is 10.1. The number of hydrogen-bond acceptors (Lipinski definition) is 3. The van der Waals surface area contributed by atoms with E-state index in [1.165, 1.54) is 38.5 Å². The SMILES string of the molecule is CC/C=C\C/C=C\C/C=C\CCCCCCCCCC(=O)OC(CCC)CCCCCC(=O)O. The molecule has 0 aliphatic carbocycles. The maximum atomic E-state index is 12.2. The van der Waals surface area contributed by atoms with E-state index in [1.807, 2.05) is 0 Å². The van der Waals surface area contributed by atoms with Gasteiger partial charge >= 0.3 is 11.9 Å². The molecule has 0 aromatic heterocycles. The third-order valence-corrected chi connectivity index (χ3v) is 5.86. The van der Waals surface area contributed by atoms with E-state index in [-0.39, 0.29) is 18.5 Å². The molecule has 0 radical (unpaired) electrons. The van der Waals surface area contributed by atoms with E-state index in [0.29, 0.717) is 12.8 Å². The topological polar surface area (TPSA) is 63.6 Å². The van der Waals surface area contributed by atoms with Gasteiger partial charge < -0.3 is 9.84 Å². The number of ether oxygens (including phenoxy) is 1. The van der Waals surface area contributed by atoms with E-state index in [0.717, 1.165) is 64.2 Å². The largest absolute Gasteiger partial charge is 0.481 e. The molecule has 1 N–H and O–H groups in total. The normalized spacial score (nSPS) is 12.8. The Morgan fingerprint density at radius 3 is 1.88 bits per heavy atom. The Balaban J connectivity index is 3.59. The van der Waals surface area contributed by atoms with Crippen molar-refractivity contribution in [3.8, 4) is 0 Å². The predicted molar refractivity (Wildman–Crippen MR) is 144 cm³/mol. The number of aliphatic carboxylic acids is 1. The van der Waals surface area contributed by atoms with Gasteiger partial charge in [0.1, 0.15) is 6.10 Å². The number of allylic oxidation sites excluding steroid dienone is 6. The quantitative estimate of drug-likeness (QED) is 0.0857. The Morgan fingerprint density at radius 1 is 0.676 bits per heavy atom. The number of hydrogen-bond donors (Lipinski definition) is 1. The van der Waals surface area contributed by atoms with E-state index >= 15 is 0 Å². The van der Waals surface area contributed by atoms with Crippen LogP contribution in [0.25, 0.3) is 0 Å². The van der Waals surface area contributed by atoms with Crippen LogP contribution in [0.2, 0.25) is 0 Å². The monoisotopic (exact) mass is 476 g/mol. The van der Waals surface area contributed by atoms with Crippen molar-refractivity contribution in [2.24, 2.45) is 0 Å². The van der Waals surface area contributed by atoms with Crippen molar-refractivity contribution in [2.45, 2.75) is 142 Å². The second-order valence-corrected chi connectivity index (χ2v) is 9.20. The van der Waals surface area contributed by atoms with Gasteiger partial charge in [0.15, 0.2) is 0 Å². The predicted octanol–water partition coefficient (Wildman–Crippen LogP) is 9.10. The number of esters is 1. The fourth-order valence-corrected chi connectivity index (χ4v) is 3.90. The zero-order valence-electron chi connectivity index (χ0n) is 22.1. The summed E-state index contributed by atoms with van der Waals surface area (Å²) in [7, 11) is 0. The van der Waals surface area contributed by atoms with Crippen LogP contribution in [-0.4, -0.2) is 23.1 Å². The molecule has 0 spiro atoms. The first-order valence-electron chi connectivity index (χ1n) is 14.0. The van der Waals surface area contributed by atoms with E-state index in [9.17, 15) is 9.59 Å². The zero-order chi connectivity index (χ0) is 25.1. The van der Waals surface area contributed by atoms with Gasteiger partial charge in [0.25, 0.3) is 0 Å². The molecule has 0 rings (SSSR count). The summed E-state index contributed by atoms with van der Waals surface area (Å²) in [6.45, 7) is 4.26.